The number of hydrogen-bond donors (Lipinski definition) is 1. The minimum absolute atomic E-state index is 0.0178. The van der Waals surface area contributed by atoms with Crippen molar-refractivity contribution in [2.24, 2.45) is 0 Å². The molecule has 0 atom stereocenters. The standard InChI is InChI=1S/C26H32N4O2/c1-19(2)29(16-21-8-5-4-6-9-21)13-7-12-27-25(31)17-30-26-22(15-28-30)18-32-24-11-10-20(3)14-23(24)26/h4-6,8-11,14-15,19H,7,12-13,16-18H2,1-3H3,(H,27,31). The Kier molecular flexibility index (Phi) is 6.90. The molecule has 3 aromatic rings. The van der Waals surface area contributed by atoms with Crippen molar-refractivity contribution in [1.29, 1.82) is 0 Å². The number of amides is 1. The van der Waals surface area contributed by atoms with Crippen LogP contribution < -0.4 is 10.1 Å². The van der Waals surface area contributed by atoms with E-state index in [1.807, 2.05) is 18.2 Å². The average Bonchev–Trinajstić information content (AvgIpc) is 3.19. The summed E-state index contributed by atoms with van der Waals surface area (Å²) in [6.45, 7) is 9.69. The first kappa shape index (κ1) is 22.1. The van der Waals surface area contributed by atoms with E-state index in [9.17, 15) is 4.79 Å². The Labute approximate surface area is 190 Å². The number of rotatable bonds is 9. The predicted octanol–water partition coefficient (Wildman–Crippen LogP) is 4.17. The van der Waals surface area contributed by atoms with Crippen LogP contribution in [0.15, 0.2) is 54.7 Å². The molecule has 168 valence electrons. The highest BCUT2D eigenvalue weighted by molar-refractivity contribution is 5.78. The summed E-state index contributed by atoms with van der Waals surface area (Å²) in [6, 6.07) is 17.1. The second kappa shape index (κ2) is 10.0. The summed E-state index contributed by atoms with van der Waals surface area (Å²) in [5, 5.41) is 7.52. The van der Waals surface area contributed by atoms with Crippen molar-refractivity contribution in [2.45, 2.75) is 52.9 Å². The highest BCUT2D eigenvalue weighted by atomic mass is 16.5. The van der Waals surface area contributed by atoms with Gasteiger partial charge in [0.1, 0.15) is 18.9 Å². The minimum Gasteiger partial charge on any atom is -0.488 e. The molecule has 2 aromatic carbocycles. The van der Waals surface area contributed by atoms with Gasteiger partial charge in [0.25, 0.3) is 0 Å². The van der Waals surface area contributed by atoms with E-state index in [-0.39, 0.29) is 12.5 Å². The topological polar surface area (TPSA) is 59.4 Å². The van der Waals surface area contributed by atoms with Crippen LogP contribution in [0.3, 0.4) is 0 Å². The van der Waals surface area contributed by atoms with Crippen molar-refractivity contribution in [3.63, 3.8) is 0 Å². The van der Waals surface area contributed by atoms with Crippen LogP contribution in [-0.4, -0.2) is 39.7 Å². The molecule has 1 amide bonds. The molecule has 0 bridgehead atoms. The van der Waals surface area contributed by atoms with Gasteiger partial charge in [-0.3, -0.25) is 14.4 Å². The first-order valence-corrected chi connectivity index (χ1v) is 11.3. The lowest BCUT2D eigenvalue weighted by atomic mass is 10.0. The fourth-order valence-electron chi connectivity index (χ4n) is 4.11. The van der Waals surface area contributed by atoms with Crippen LogP contribution in [0.2, 0.25) is 0 Å². The number of nitrogens with zero attached hydrogens (tertiary/aromatic N) is 3. The highest BCUT2D eigenvalue weighted by Crippen LogP contribution is 2.37. The minimum atomic E-state index is -0.0178. The van der Waals surface area contributed by atoms with Crippen LogP contribution in [-0.2, 0) is 24.5 Å². The third-order valence-corrected chi connectivity index (χ3v) is 5.89. The lowest BCUT2D eigenvalue weighted by molar-refractivity contribution is -0.121. The Morgan fingerprint density at radius 3 is 2.81 bits per heavy atom. The Balaban J connectivity index is 1.30. The fraction of sp³-hybridized carbons (Fsp3) is 0.385. The maximum atomic E-state index is 12.6. The van der Waals surface area contributed by atoms with Gasteiger partial charge < -0.3 is 10.1 Å². The second-order valence-electron chi connectivity index (χ2n) is 8.72. The van der Waals surface area contributed by atoms with Crippen LogP contribution in [0.25, 0.3) is 11.3 Å². The molecule has 0 spiro atoms. The molecular weight excluding hydrogens is 400 g/mol. The van der Waals surface area contributed by atoms with Gasteiger partial charge in [-0.25, -0.2) is 0 Å². The maximum absolute atomic E-state index is 12.6. The molecule has 1 N–H and O–H groups in total. The molecule has 2 heterocycles. The molecule has 0 radical (unpaired) electrons. The van der Waals surface area contributed by atoms with Gasteiger partial charge in [0.05, 0.1) is 11.9 Å². The first-order chi connectivity index (χ1) is 15.5. The van der Waals surface area contributed by atoms with Crippen LogP contribution in [0.5, 0.6) is 5.75 Å². The molecule has 6 nitrogen and oxygen atoms in total. The number of carbonyl (C=O) groups is 1. The molecular formula is C26H32N4O2. The largest absolute Gasteiger partial charge is 0.488 e. The number of nitrogens with one attached hydrogen (secondary N) is 1. The number of aromatic nitrogens is 2. The van der Waals surface area contributed by atoms with Crippen molar-refractivity contribution in [1.82, 2.24) is 20.0 Å². The van der Waals surface area contributed by atoms with Crippen molar-refractivity contribution >= 4 is 5.91 Å². The second-order valence-corrected chi connectivity index (χ2v) is 8.72. The summed E-state index contributed by atoms with van der Waals surface area (Å²) < 4.78 is 7.62. The maximum Gasteiger partial charge on any atom is 0.241 e. The molecule has 32 heavy (non-hydrogen) atoms. The molecule has 0 fully saturated rings. The molecule has 0 saturated carbocycles. The Bertz CT molecular complexity index is 1060. The SMILES string of the molecule is Cc1ccc2c(c1)-c1c(cnn1CC(=O)NCCCN(Cc1ccccc1)C(C)C)CO2. The number of carbonyl (C=O) groups excluding carboxylic acids is 1. The van der Waals surface area contributed by atoms with Gasteiger partial charge in [-0.1, -0.05) is 42.0 Å². The van der Waals surface area contributed by atoms with Gasteiger partial charge >= 0.3 is 0 Å². The lowest BCUT2D eigenvalue weighted by Gasteiger charge is -2.26. The van der Waals surface area contributed by atoms with Crippen LogP contribution in [0, 0.1) is 6.92 Å². The van der Waals surface area contributed by atoms with E-state index in [4.69, 9.17) is 4.74 Å². The summed E-state index contributed by atoms with van der Waals surface area (Å²) in [6.07, 6.45) is 2.71. The zero-order chi connectivity index (χ0) is 22.5. The zero-order valence-corrected chi connectivity index (χ0v) is 19.2. The number of hydrogen-bond acceptors (Lipinski definition) is 4. The normalized spacial score (nSPS) is 12.4. The van der Waals surface area contributed by atoms with Crippen LogP contribution in [0.4, 0.5) is 0 Å². The van der Waals surface area contributed by atoms with Crippen LogP contribution >= 0.6 is 0 Å². The van der Waals surface area contributed by atoms with E-state index in [1.165, 1.54) is 5.56 Å². The number of aryl methyl sites for hydroxylation is 1. The monoisotopic (exact) mass is 432 g/mol. The molecule has 0 unspecified atom stereocenters. The molecule has 4 rings (SSSR count). The number of ether oxygens (including phenoxy) is 1. The molecule has 1 aliphatic rings. The molecule has 0 aliphatic carbocycles. The van der Waals surface area contributed by atoms with E-state index >= 15 is 0 Å². The van der Waals surface area contributed by atoms with Gasteiger partial charge in [0.15, 0.2) is 0 Å². The van der Waals surface area contributed by atoms with Crippen molar-refractivity contribution in [3.05, 3.63) is 71.4 Å². The summed E-state index contributed by atoms with van der Waals surface area (Å²) in [5.74, 6) is 0.827. The van der Waals surface area contributed by atoms with Gasteiger partial charge in [-0.05, 0) is 44.9 Å². The summed E-state index contributed by atoms with van der Waals surface area (Å²) >= 11 is 0. The van der Waals surface area contributed by atoms with Crippen LogP contribution in [0.1, 0.15) is 37.0 Å². The summed E-state index contributed by atoms with van der Waals surface area (Å²) in [7, 11) is 0. The number of fused-ring (bicyclic) bond motifs is 3. The Morgan fingerprint density at radius 2 is 2.03 bits per heavy atom. The van der Waals surface area contributed by atoms with E-state index in [1.54, 1.807) is 10.9 Å². The fourth-order valence-corrected chi connectivity index (χ4v) is 4.11. The lowest BCUT2D eigenvalue weighted by Crippen LogP contribution is -2.35. The first-order valence-electron chi connectivity index (χ1n) is 11.3. The molecule has 6 heteroatoms. The molecule has 1 aromatic heterocycles. The smallest absolute Gasteiger partial charge is 0.241 e. The van der Waals surface area contributed by atoms with Gasteiger partial charge in [-0.2, -0.15) is 5.10 Å². The van der Waals surface area contributed by atoms with E-state index < -0.39 is 0 Å². The predicted molar refractivity (Wildman–Crippen MR) is 126 cm³/mol. The van der Waals surface area contributed by atoms with Gasteiger partial charge in [0, 0.05) is 36.8 Å². The van der Waals surface area contributed by atoms with E-state index in [0.717, 1.165) is 47.6 Å². The molecule has 1 aliphatic heterocycles. The quantitative estimate of drug-likeness (QED) is 0.516. The number of benzene rings is 2. The van der Waals surface area contributed by atoms with E-state index in [2.05, 4.69) is 66.4 Å². The Hall–Kier alpha value is -3.12. The van der Waals surface area contributed by atoms with Crippen molar-refractivity contribution < 1.29 is 9.53 Å². The van der Waals surface area contributed by atoms with Gasteiger partial charge in [0.2, 0.25) is 5.91 Å². The summed E-state index contributed by atoms with van der Waals surface area (Å²) in [4.78, 5) is 15.1. The van der Waals surface area contributed by atoms with Crippen molar-refractivity contribution in [3.8, 4) is 17.0 Å². The third-order valence-electron chi connectivity index (χ3n) is 5.89. The zero-order valence-electron chi connectivity index (χ0n) is 19.2. The van der Waals surface area contributed by atoms with Crippen molar-refractivity contribution in [2.75, 3.05) is 13.1 Å². The average molecular weight is 433 g/mol. The van der Waals surface area contributed by atoms with Gasteiger partial charge in [-0.15, -0.1) is 0 Å². The van der Waals surface area contributed by atoms with E-state index in [0.29, 0.717) is 19.2 Å². The Morgan fingerprint density at radius 1 is 1.22 bits per heavy atom. The third kappa shape index (κ3) is 5.19. The molecule has 0 saturated heterocycles. The summed E-state index contributed by atoms with van der Waals surface area (Å²) in [5.41, 5.74) is 5.48. The highest BCUT2D eigenvalue weighted by Gasteiger charge is 2.23.